The van der Waals surface area contributed by atoms with Crippen molar-refractivity contribution in [2.75, 3.05) is 0 Å². The molecule has 1 saturated heterocycles. The summed E-state index contributed by atoms with van der Waals surface area (Å²) < 4.78 is 5.69. The predicted molar refractivity (Wildman–Crippen MR) is 55.3 cm³/mol. The van der Waals surface area contributed by atoms with Gasteiger partial charge in [0, 0.05) is 8.80 Å². The molecule has 0 aromatic rings. The lowest BCUT2D eigenvalue weighted by Crippen LogP contribution is -2.18. The van der Waals surface area contributed by atoms with Crippen LogP contribution in [0, 0.1) is 17.8 Å². The van der Waals surface area contributed by atoms with Crippen LogP contribution in [0.5, 0.6) is 0 Å². The molecule has 1 radical (unpaired) electrons. The Morgan fingerprint density at radius 2 is 2.08 bits per heavy atom. The molecule has 3 fully saturated rings. The van der Waals surface area contributed by atoms with E-state index in [4.69, 9.17) is 4.74 Å². The van der Waals surface area contributed by atoms with Crippen LogP contribution in [0.4, 0.5) is 0 Å². The third kappa shape index (κ3) is 1.30. The molecule has 2 bridgehead atoms. The molecule has 2 heteroatoms. The van der Waals surface area contributed by atoms with Crippen molar-refractivity contribution in [3.8, 4) is 0 Å². The fraction of sp³-hybridized carbons (Fsp3) is 1.00. The van der Waals surface area contributed by atoms with Crippen molar-refractivity contribution in [3.05, 3.63) is 0 Å². The molecule has 73 valence electrons. The fourth-order valence-corrected chi connectivity index (χ4v) is 4.49. The molecular weight excluding hydrogens is 176 g/mol. The average molecular weight is 195 g/mol. The Hall–Kier alpha value is 0.177. The molecule has 0 aromatic carbocycles. The first-order valence-corrected chi connectivity index (χ1v) is 8.41. The number of ether oxygens (including phenoxy) is 1. The van der Waals surface area contributed by atoms with Crippen LogP contribution in [0.1, 0.15) is 19.3 Å². The van der Waals surface area contributed by atoms with Gasteiger partial charge < -0.3 is 4.74 Å². The van der Waals surface area contributed by atoms with E-state index in [1.165, 1.54) is 25.3 Å². The lowest BCUT2D eigenvalue weighted by atomic mass is 9.87. The summed E-state index contributed by atoms with van der Waals surface area (Å²) in [5.74, 6) is 3.01. The van der Waals surface area contributed by atoms with Gasteiger partial charge in [0.15, 0.2) is 0 Å². The van der Waals surface area contributed by atoms with Crippen molar-refractivity contribution in [3.63, 3.8) is 0 Å². The van der Waals surface area contributed by atoms with Crippen molar-refractivity contribution in [2.45, 2.75) is 50.6 Å². The van der Waals surface area contributed by atoms with Crippen molar-refractivity contribution in [2.24, 2.45) is 17.8 Å². The molecule has 1 nitrogen and oxygen atoms in total. The smallest absolute Gasteiger partial charge is 0.0875 e. The monoisotopic (exact) mass is 195 g/mol. The molecule has 0 aromatic heterocycles. The van der Waals surface area contributed by atoms with Gasteiger partial charge >= 0.3 is 0 Å². The SMILES string of the molecule is C[Si](C)CCC1CC2CC1C1OC21. The zero-order valence-corrected chi connectivity index (χ0v) is 9.62. The summed E-state index contributed by atoms with van der Waals surface area (Å²) in [5.41, 5.74) is 0. The Labute approximate surface area is 82.5 Å². The van der Waals surface area contributed by atoms with E-state index in [1.54, 1.807) is 0 Å². The number of hydrogen-bond acceptors (Lipinski definition) is 1. The molecule has 3 aliphatic rings. The highest BCUT2D eigenvalue weighted by Crippen LogP contribution is 2.59. The minimum absolute atomic E-state index is 0.0174. The van der Waals surface area contributed by atoms with Crippen molar-refractivity contribution in [1.82, 2.24) is 0 Å². The van der Waals surface area contributed by atoms with Crippen molar-refractivity contribution in [1.29, 1.82) is 0 Å². The molecule has 3 rings (SSSR count). The summed E-state index contributed by atoms with van der Waals surface area (Å²) in [6.45, 7) is 4.88. The van der Waals surface area contributed by atoms with Gasteiger partial charge in [0.05, 0.1) is 12.2 Å². The summed E-state index contributed by atoms with van der Waals surface area (Å²) >= 11 is 0. The van der Waals surface area contributed by atoms with Crippen LogP contribution in [-0.2, 0) is 4.74 Å². The lowest BCUT2D eigenvalue weighted by Gasteiger charge is -2.19. The van der Waals surface area contributed by atoms with Crippen LogP contribution in [-0.4, -0.2) is 21.0 Å². The summed E-state index contributed by atoms with van der Waals surface area (Å²) in [7, 11) is 0.0174. The molecule has 13 heavy (non-hydrogen) atoms. The maximum absolute atomic E-state index is 5.69. The third-order valence-electron chi connectivity index (χ3n) is 4.25. The second-order valence-corrected chi connectivity index (χ2v) is 8.38. The van der Waals surface area contributed by atoms with Gasteiger partial charge in [-0.1, -0.05) is 25.6 Å². The van der Waals surface area contributed by atoms with Crippen LogP contribution in [0.15, 0.2) is 0 Å². The molecular formula is C11H19OSi. The number of epoxide rings is 1. The Morgan fingerprint density at radius 1 is 1.23 bits per heavy atom. The molecule has 0 N–H and O–H groups in total. The quantitative estimate of drug-likeness (QED) is 0.498. The minimum Gasteiger partial charge on any atom is -0.369 e. The zero-order chi connectivity index (χ0) is 9.00. The van der Waals surface area contributed by atoms with Crippen LogP contribution in [0.25, 0.3) is 0 Å². The minimum atomic E-state index is 0.0174. The van der Waals surface area contributed by atoms with E-state index in [2.05, 4.69) is 13.1 Å². The number of fused-ring (bicyclic) bond motifs is 5. The van der Waals surface area contributed by atoms with E-state index in [-0.39, 0.29) is 8.80 Å². The zero-order valence-electron chi connectivity index (χ0n) is 8.62. The first-order valence-electron chi connectivity index (χ1n) is 5.70. The molecule has 0 amide bonds. The van der Waals surface area contributed by atoms with Gasteiger partial charge in [0.1, 0.15) is 0 Å². The Balaban J connectivity index is 1.56. The average Bonchev–Trinajstić information content (AvgIpc) is 2.70. The molecule has 5 unspecified atom stereocenters. The maximum Gasteiger partial charge on any atom is 0.0875 e. The first-order chi connectivity index (χ1) is 6.25. The van der Waals surface area contributed by atoms with Gasteiger partial charge in [-0.05, 0) is 30.6 Å². The fourth-order valence-electron chi connectivity index (χ4n) is 3.54. The highest BCUT2D eigenvalue weighted by molar-refractivity contribution is 6.55. The molecule has 0 spiro atoms. The summed E-state index contributed by atoms with van der Waals surface area (Å²) in [6.07, 6.45) is 5.98. The van der Waals surface area contributed by atoms with E-state index in [0.29, 0.717) is 0 Å². The Morgan fingerprint density at radius 3 is 2.69 bits per heavy atom. The van der Waals surface area contributed by atoms with Crippen molar-refractivity contribution < 1.29 is 4.74 Å². The van der Waals surface area contributed by atoms with E-state index < -0.39 is 0 Å². The highest BCUT2D eigenvalue weighted by atomic mass is 28.3. The largest absolute Gasteiger partial charge is 0.369 e. The van der Waals surface area contributed by atoms with Crippen molar-refractivity contribution >= 4 is 8.80 Å². The lowest BCUT2D eigenvalue weighted by molar-refractivity contribution is 0.248. The molecule has 2 aliphatic carbocycles. The molecule has 1 aliphatic heterocycles. The van der Waals surface area contributed by atoms with Crippen LogP contribution in [0.3, 0.4) is 0 Å². The highest BCUT2D eigenvalue weighted by Gasteiger charge is 2.62. The Bertz CT molecular complexity index is 216. The first kappa shape index (κ1) is 8.48. The van der Waals surface area contributed by atoms with Gasteiger partial charge in [-0.3, -0.25) is 0 Å². The van der Waals surface area contributed by atoms with E-state index in [1.807, 2.05) is 0 Å². The second-order valence-electron chi connectivity index (χ2n) is 5.47. The normalized spacial score (nSPS) is 51.5. The summed E-state index contributed by atoms with van der Waals surface area (Å²) in [4.78, 5) is 0. The topological polar surface area (TPSA) is 12.5 Å². The summed E-state index contributed by atoms with van der Waals surface area (Å²) in [6, 6.07) is 1.52. The third-order valence-corrected chi connectivity index (χ3v) is 5.54. The van der Waals surface area contributed by atoms with Crippen LogP contribution < -0.4 is 0 Å². The maximum atomic E-state index is 5.69. The molecule has 1 heterocycles. The standard InChI is InChI=1S/C11H19OSi/c1-13(2)4-3-7-5-8-6-9(7)11-10(8)12-11/h7-11H,3-6H2,1-2H3. The number of hydrogen-bond donors (Lipinski definition) is 0. The molecule has 5 atom stereocenters. The van der Waals surface area contributed by atoms with Gasteiger partial charge in [-0.2, -0.15) is 0 Å². The number of rotatable bonds is 3. The second kappa shape index (κ2) is 2.83. The van der Waals surface area contributed by atoms with Gasteiger partial charge in [0.25, 0.3) is 0 Å². The molecule has 2 saturated carbocycles. The van der Waals surface area contributed by atoms with Crippen LogP contribution >= 0.6 is 0 Å². The van der Waals surface area contributed by atoms with Crippen LogP contribution in [0.2, 0.25) is 19.1 Å². The van der Waals surface area contributed by atoms with E-state index in [0.717, 1.165) is 30.0 Å². The van der Waals surface area contributed by atoms with E-state index in [9.17, 15) is 0 Å². The van der Waals surface area contributed by atoms with E-state index >= 15 is 0 Å². The van der Waals surface area contributed by atoms with Gasteiger partial charge in [0.2, 0.25) is 0 Å². The Kier molecular flexibility index (Phi) is 1.85. The van der Waals surface area contributed by atoms with Gasteiger partial charge in [-0.15, -0.1) is 0 Å². The van der Waals surface area contributed by atoms with Gasteiger partial charge in [-0.25, -0.2) is 0 Å². The summed E-state index contributed by atoms with van der Waals surface area (Å²) in [5, 5.41) is 0. The predicted octanol–water partition coefficient (Wildman–Crippen LogP) is 2.55.